The molecule has 1 saturated heterocycles. The van der Waals surface area contributed by atoms with Crippen molar-refractivity contribution in [2.45, 2.75) is 57.5 Å². The number of aliphatic hydroxyl groups is 3. The van der Waals surface area contributed by atoms with Crippen molar-refractivity contribution >= 4 is 16.8 Å². The first-order valence-corrected chi connectivity index (χ1v) is 12.3. The molecule has 0 aliphatic carbocycles. The lowest BCUT2D eigenvalue weighted by molar-refractivity contribution is -0.303. The maximum absolute atomic E-state index is 13.7. The smallest absolute Gasteiger partial charge is 0.267 e. The van der Waals surface area contributed by atoms with Crippen molar-refractivity contribution in [1.82, 2.24) is 15.8 Å². The molecule has 10 heteroatoms. The molecule has 1 aliphatic rings. The van der Waals surface area contributed by atoms with E-state index in [1.54, 1.807) is 6.08 Å². The van der Waals surface area contributed by atoms with E-state index in [2.05, 4.69) is 40.9 Å². The summed E-state index contributed by atoms with van der Waals surface area (Å²) in [6.45, 7) is 4.94. The van der Waals surface area contributed by atoms with E-state index in [-0.39, 0.29) is 0 Å². The van der Waals surface area contributed by atoms with E-state index >= 15 is 0 Å². The van der Waals surface area contributed by atoms with Crippen LogP contribution in [0.2, 0.25) is 0 Å². The van der Waals surface area contributed by atoms with Crippen LogP contribution in [0.3, 0.4) is 0 Å². The first-order chi connectivity index (χ1) is 17.8. The highest BCUT2D eigenvalue weighted by atomic mass is 19.1. The maximum atomic E-state index is 13.7. The number of carbonyl (C=O) groups is 1. The summed E-state index contributed by atoms with van der Waals surface area (Å²) in [7, 11) is 0. The van der Waals surface area contributed by atoms with Crippen LogP contribution in [0, 0.1) is 6.92 Å². The number of hydrogen-bond acceptors (Lipinski definition) is 7. The van der Waals surface area contributed by atoms with Crippen molar-refractivity contribution in [2.75, 3.05) is 19.7 Å². The van der Waals surface area contributed by atoms with Crippen LogP contribution in [-0.4, -0.2) is 76.7 Å². The van der Waals surface area contributed by atoms with Crippen LogP contribution in [0.1, 0.15) is 24.6 Å². The van der Waals surface area contributed by atoms with Gasteiger partial charge in [0, 0.05) is 29.2 Å². The normalized spacial score (nSPS) is 24.9. The number of halogens is 1. The van der Waals surface area contributed by atoms with Crippen LogP contribution >= 0.6 is 0 Å². The number of aliphatic hydroxyl groups excluding tert-OH is 3. The molecule has 2 aromatic rings. The van der Waals surface area contributed by atoms with Gasteiger partial charge >= 0.3 is 0 Å². The molecular formula is C27H36FN3O6. The number of fused-ring (bicyclic) bond motifs is 1. The van der Waals surface area contributed by atoms with Gasteiger partial charge in [-0.1, -0.05) is 48.1 Å². The standard InChI is InChI=1S/C27H36FN3O6/c1-17(8-5-6-14-29-15-13-19-18(2)30-21-11-4-3-10-20(19)21)9-7-12-23(33)31-37-27-26(35)25(34)24(28)22(16-32)36-27/h3-8,10-12,22,24-27,29-30,32,34-35H,9,13-16H2,1-2H3,(H,31,33)/b6-5+,12-7+,17-8+/t22-,24+,25+,26-,27?/m1/s1. The third kappa shape index (κ3) is 8.06. The number of alkyl halides is 1. The highest BCUT2D eigenvalue weighted by molar-refractivity contribution is 5.86. The number of aromatic amines is 1. The first-order valence-electron chi connectivity index (χ1n) is 12.3. The zero-order chi connectivity index (χ0) is 26.8. The summed E-state index contributed by atoms with van der Waals surface area (Å²) in [5.74, 6) is -0.619. The molecule has 0 saturated carbocycles. The molecular weight excluding hydrogens is 481 g/mol. The summed E-state index contributed by atoms with van der Waals surface area (Å²) >= 11 is 0. The summed E-state index contributed by atoms with van der Waals surface area (Å²) in [6.07, 6.45) is 1.95. The molecule has 0 bridgehead atoms. The predicted molar refractivity (Wildman–Crippen MR) is 138 cm³/mol. The number of benzene rings is 1. The number of ether oxygens (including phenoxy) is 1. The van der Waals surface area contributed by atoms with Gasteiger partial charge in [0.25, 0.3) is 5.91 Å². The van der Waals surface area contributed by atoms with Gasteiger partial charge in [0.05, 0.1) is 6.61 Å². The number of nitrogens with one attached hydrogen (secondary N) is 3. The number of para-hydroxylation sites is 1. The Morgan fingerprint density at radius 2 is 2.03 bits per heavy atom. The molecule has 0 spiro atoms. The molecule has 1 unspecified atom stereocenters. The van der Waals surface area contributed by atoms with Gasteiger partial charge < -0.3 is 30.4 Å². The molecule has 1 amide bonds. The lowest BCUT2D eigenvalue weighted by atomic mass is 10.0. The predicted octanol–water partition coefficient (Wildman–Crippen LogP) is 1.88. The van der Waals surface area contributed by atoms with E-state index < -0.39 is 43.3 Å². The van der Waals surface area contributed by atoms with Crippen LogP contribution < -0.4 is 10.8 Å². The molecule has 9 nitrogen and oxygen atoms in total. The molecule has 1 aromatic heterocycles. The van der Waals surface area contributed by atoms with Gasteiger partial charge in [-0.3, -0.25) is 4.79 Å². The Balaban J connectivity index is 1.32. The van der Waals surface area contributed by atoms with E-state index in [1.165, 1.54) is 28.2 Å². The molecule has 2 heterocycles. The number of amides is 1. The Hall–Kier alpha value is -2.86. The van der Waals surface area contributed by atoms with Gasteiger partial charge in [0.2, 0.25) is 6.29 Å². The Labute approximate surface area is 215 Å². The minimum absolute atomic E-state index is 0.530. The van der Waals surface area contributed by atoms with E-state index in [0.29, 0.717) is 6.42 Å². The maximum Gasteiger partial charge on any atom is 0.267 e. The van der Waals surface area contributed by atoms with Crippen LogP contribution in [0.5, 0.6) is 0 Å². The molecule has 1 aromatic carbocycles. The number of hydrogen-bond donors (Lipinski definition) is 6. The van der Waals surface area contributed by atoms with E-state index in [9.17, 15) is 19.4 Å². The second-order valence-electron chi connectivity index (χ2n) is 9.01. The summed E-state index contributed by atoms with van der Waals surface area (Å²) in [5.41, 5.74) is 6.80. The van der Waals surface area contributed by atoms with Crippen molar-refractivity contribution in [3.63, 3.8) is 0 Å². The number of hydroxylamine groups is 1. The quantitative estimate of drug-likeness (QED) is 0.110. The lowest BCUT2D eigenvalue weighted by Gasteiger charge is -2.37. The van der Waals surface area contributed by atoms with Crippen LogP contribution in [-0.2, 0) is 20.8 Å². The molecule has 3 rings (SSSR count). The number of H-pyrrole nitrogens is 1. The number of rotatable bonds is 12. The van der Waals surface area contributed by atoms with Gasteiger partial charge in [0.1, 0.15) is 18.3 Å². The highest BCUT2D eigenvalue weighted by Gasteiger charge is 2.45. The first kappa shape index (κ1) is 28.7. The molecule has 5 atom stereocenters. The third-order valence-electron chi connectivity index (χ3n) is 6.14. The molecule has 6 N–H and O–H groups in total. The Morgan fingerprint density at radius 3 is 2.81 bits per heavy atom. The summed E-state index contributed by atoms with van der Waals surface area (Å²) in [6, 6.07) is 8.32. The Bertz CT molecular complexity index is 1110. The second-order valence-corrected chi connectivity index (χ2v) is 9.01. The monoisotopic (exact) mass is 517 g/mol. The fraction of sp³-hybridized carbons (Fsp3) is 0.444. The second kappa shape index (κ2) is 14.2. The lowest BCUT2D eigenvalue weighted by Crippen LogP contribution is -2.58. The Kier molecular flexibility index (Phi) is 11.0. The van der Waals surface area contributed by atoms with Gasteiger partial charge in [-0.25, -0.2) is 14.7 Å². The van der Waals surface area contributed by atoms with Crippen molar-refractivity contribution in [1.29, 1.82) is 0 Å². The van der Waals surface area contributed by atoms with Gasteiger partial charge in [0.15, 0.2) is 6.17 Å². The van der Waals surface area contributed by atoms with E-state index in [1.807, 2.05) is 31.2 Å². The van der Waals surface area contributed by atoms with Crippen molar-refractivity contribution < 1.29 is 34.1 Å². The van der Waals surface area contributed by atoms with Crippen molar-refractivity contribution in [3.8, 4) is 0 Å². The van der Waals surface area contributed by atoms with E-state index in [0.717, 1.165) is 25.1 Å². The van der Waals surface area contributed by atoms with Gasteiger partial charge in [-0.15, -0.1) is 0 Å². The summed E-state index contributed by atoms with van der Waals surface area (Å²) < 4.78 is 18.7. The number of allylic oxidation sites excluding steroid dienone is 4. The zero-order valence-corrected chi connectivity index (χ0v) is 21.1. The van der Waals surface area contributed by atoms with Crippen LogP contribution in [0.4, 0.5) is 4.39 Å². The van der Waals surface area contributed by atoms with Gasteiger partial charge in [-0.05, 0) is 44.9 Å². The van der Waals surface area contributed by atoms with Crippen LogP contribution in [0.25, 0.3) is 10.9 Å². The SMILES string of the molecule is C/C(=C\C=C\CNCCc1c(C)[nH]c2ccccc12)C/C=C/C(=O)NOC1O[C@H](CO)[C@H](F)[C@H](O)[C@H]1O. The number of carbonyl (C=O) groups excluding carboxylic acids is 1. The third-order valence-corrected chi connectivity index (χ3v) is 6.14. The zero-order valence-electron chi connectivity index (χ0n) is 21.1. The molecule has 1 fully saturated rings. The molecule has 202 valence electrons. The Morgan fingerprint density at radius 1 is 1.24 bits per heavy atom. The summed E-state index contributed by atoms with van der Waals surface area (Å²) in [5, 5.41) is 33.3. The van der Waals surface area contributed by atoms with Crippen molar-refractivity contribution in [3.05, 3.63) is 71.5 Å². The number of aryl methyl sites for hydroxylation is 1. The minimum Gasteiger partial charge on any atom is -0.394 e. The molecule has 0 radical (unpaired) electrons. The largest absolute Gasteiger partial charge is 0.394 e. The van der Waals surface area contributed by atoms with Crippen LogP contribution in [0.15, 0.2) is 60.2 Å². The molecule has 37 heavy (non-hydrogen) atoms. The fourth-order valence-electron chi connectivity index (χ4n) is 4.06. The average molecular weight is 518 g/mol. The van der Waals surface area contributed by atoms with Crippen molar-refractivity contribution in [2.24, 2.45) is 0 Å². The highest BCUT2D eigenvalue weighted by Crippen LogP contribution is 2.24. The average Bonchev–Trinajstić information content (AvgIpc) is 3.21. The van der Waals surface area contributed by atoms with E-state index in [4.69, 9.17) is 14.7 Å². The topological polar surface area (TPSA) is 136 Å². The molecule has 1 aliphatic heterocycles. The fourth-order valence-corrected chi connectivity index (χ4v) is 4.06. The minimum atomic E-state index is -1.97. The number of aromatic nitrogens is 1. The van der Waals surface area contributed by atoms with Gasteiger partial charge in [-0.2, -0.15) is 0 Å². The summed E-state index contributed by atoms with van der Waals surface area (Å²) in [4.78, 5) is 20.3.